The van der Waals surface area contributed by atoms with Gasteiger partial charge in [-0.05, 0) is 18.8 Å². The van der Waals surface area contributed by atoms with Crippen LogP contribution in [-0.2, 0) is 0 Å². The summed E-state index contributed by atoms with van der Waals surface area (Å²) in [5.74, 6) is 0.780. The lowest BCUT2D eigenvalue weighted by Gasteiger charge is -2.19. The molecule has 1 N–H and O–H groups in total. The molecule has 0 unspecified atom stereocenters. The van der Waals surface area contributed by atoms with Crippen molar-refractivity contribution in [1.29, 1.82) is 0 Å². The Bertz CT molecular complexity index is 210. The SMILES string of the molecule is [CH](c1c[nH]cn1)C1CCCCC1. The van der Waals surface area contributed by atoms with E-state index in [0.717, 1.165) is 11.6 Å². The molecule has 0 aliphatic heterocycles. The number of rotatable bonds is 2. The third-order valence-corrected chi connectivity index (χ3v) is 2.58. The molecule has 1 aliphatic carbocycles. The second kappa shape index (κ2) is 3.74. The molecule has 0 bridgehead atoms. The Kier molecular flexibility index (Phi) is 2.45. The summed E-state index contributed by atoms with van der Waals surface area (Å²) in [6, 6.07) is 0. The largest absolute Gasteiger partial charge is 0.351 e. The number of nitrogens with zero attached hydrogens (tertiary/aromatic N) is 1. The first-order valence-electron chi connectivity index (χ1n) is 4.79. The summed E-state index contributed by atoms with van der Waals surface area (Å²) in [6.07, 6.45) is 12.9. The Morgan fingerprint density at radius 2 is 2.17 bits per heavy atom. The zero-order valence-electron chi connectivity index (χ0n) is 7.29. The number of imidazole rings is 1. The summed E-state index contributed by atoms with van der Waals surface area (Å²) in [6.45, 7) is 0. The van der Waals surface area contributed by atoms with Gasteiger partial charge in [0.05, 0.1) is 12.0 Å². The van der Waals surface area contributed by atoms with Crippen molar-refractivity contribution >= 4 is 0 Å². The summed E-state index contributed by atoms with van der Waals surface area (Å²) in [4.78, 5) is 7.18. The van der Waals surface area contributed by atoms with E-state index in [1.807, 2.05) is 6.20 Å². The van der Waals surface area contributed by atoms with E-state index in [9.17, 15) is 0 Å². The van der Waals surface area contributed by atoms with E-state index >= 15 is 0 Å². The summed E-state index contributed by atoms with van der Waals surface area (Å²) in [5, 5.41) is 0. The molecule has 1 saturated carbocycles. The normalized spacial score (nSPS) is 19.7. The van der Waals surface area contributed by atoms with E-state index in [1.165, 1.54) is 32.1 Å². The summed E-state index contributed by atoms with van der Waals surface area (Å²) < 4.78 is 0. The maximum Gasteiger partial charge on any atom is 0.0923 e. The Morgan fingerprint density at radius 3 is 2.83 bits per heavy atom. The van der Waals surface area contributed by atoms with Crippen LogP contribution in [0.4, 0.5) is 0 Å². The van der Waals surface area contributed by atoms with Gasteiger partial charge in [-0.25, -0.2) is 4.98 Å². The monoisotopic (exact) mass is 163 g/mol. The van der Waals surface area contributed by atoms with E-state index in [0.29, 0.717) is 0 Å². The first-order chi connectivity index (χ1) is 5.95. The molecule has 65 valence electrons. The van der Waals surface area contributed by atoms with Gasteiger partial charge in [-0.2, -0.15) is 0 Å². The highest BCUT2D eigenvalue weighted by molar-refractivity contribution is 5.09. The smallest absolute Gasteiger partial charge is 0.0923 e. The first kappa shape index (κ1) is 7.84. The second-order valence-corrected chi connectivity index (χ2v) is 3.56. The lowest BCUT2D eigenvalue weighted by molar-refractivity contribution is 0.402. The molecule has 1 heterocycles. The van der Waals surface area contributed by atoms with Gasteiger partial charge in [0.15, 0.2) is 0 Å². The number of H-pyrrole nitrogens is 1. The minimum Gasteiger partial charge on any atom is -0.351 e. The van der Waals surface area contributed by atoms with Crippen LogP contribution in [0.5, 0.6) is 0 Å². The van der Waals surface area contributed by atoms with Gasteiger partial charge >= 0.3 is 0 Å². The molecule has 2 heteroatoms. The van der Waals surface area contributed by atoms with Crippen molar-refractivity contribution in [3.8, 4) is 0 Å². The van der Waals surface area contributed by atoms with Gasteiger partial charge in [-0.15, -0.1) is 0 Å². The van der Waals surface area contributed by atoms with Crippen molar-refractivity contribution in [3.05, 3.63) is 24.6 Å². The van der Waals surface area contributed by atoms with Gasteiger partial charge in [-0.1, -0.05) is 19.3 Å². The molecule has 1 fully saturated rings. The topological polar surface area (TPSA) is 28.7 Å². The van der Waals surface area contributed by atoms with Crippen LogP contribution in [0.25, 0.3) is 0 Å². The molecule has 1 aromatic rings. The van der Waals surface area contributed by atoms with Gasteiger partial charge in [0.2, 0.25) is 0 Å². The van der Waals surface area contributed by atoms with Gasteiger partial charge in [0.1, 0.15) is 0 Å². The van der Waals surface area contributed by atoms with Gasteiger partial charge in [0, 0.05) is 12.6 Å². The van der Waals surface area contributed by atoms with Gasteiger partial charge in [-0.3, -0.25) is 0 Å². The highest BCUT2D eigenvalue weighted by Crippen LogP contribution is 2.27. The number of aromatic nitrogens is 2. The molecule has 12 heavy (non-hydrogen) atoms. The summed E-state index contributed by atoms with van der Waals surface area (Å²) in [5.41, 5.74) is 1.11. The van der Waals surface area contributed by atoms with E-state index in [-0.39, 0.29) is 0 Å². The Balaban J connectivity index is 1.86. The molecule has 1 radical (unpaired) electrons. The molecular formula is C10H15N2. The van der Waals surface area contributed by atoms with Gasteiger partial charge < -0.3 is 4.98 Å². The lowest BCUT2D eigenvalue weighted by atomic mass is 9.86. The quantitative estimate of drug-likeness (QED) is 0.713. The van der Waals surface area contributed by atoms with Crippen LogP contribution in [0.3, 0.4) is 0 Å². The summed E-state index contributed by atoms with van der Waals surface area (Å²) in [7, 11) is 0. The minimum absolute atomic E-state index is 0.780. The molecule has 0 aromatic carbocycles. The van der Waals surface area contributed by atoms with E-state index in [4.69, 9.17) is 0 Å². The molecule has 1 aliphatic rings. The summed E-state index contributed by atoms with van der Waals surface area (Å²) >= 11 is 0. The minimum atomic E-state index is 0.780. The molecular weight excluding hydrogens is 148 g/mol. The van der Waals surface area contributed by atoms with Crippen molar-refractivity contribution in [1.82, 2.24) is 9.97 Å². The first-order valence-corrected chi connectivity index (χ1v) is 4.79. The van der Waals surface area contributed by atoms with Crippen LogP contribution in [-0.4, -0.2) is 9.97 Å². The fraction of sp³-hybridized carbons (Fsp3) is 0.600. The third kappa shape index (κ3) is 1.87. The van der Waals surface area contributed by atoms with Crippen molar-refractivity contribution in [2.24, 2.45) is 5.92 Å². The van der Waals surface area contributed by atoms with E-state index in [1.54, 1.807) is 6.33 Å². The Labute approximate surface area is 73.4 Å². The van der Waals surface area contributed by atoms with Crippen molar-refractivity contribution in [2.75, 3.05) is 0 Å². The highest BCUT2D eigenvalue weighted by atomic mass is 14.9. The predicted octanol–water partition coefficient (Wildman–Crippen LogP) is 2.54. The zero-order valence-corrected chi connectivity index (χ0v) is 7.29. The van der Waals surface area contributed by atoms with Crippen LogP contribution in [0, 0.1) is 12.3 Å². The fourth-order valence-electron chi connectivity index (χ4n) is 1.91. The van der Waals surface area contributed by atoms with Crippen LogP contribution in [0.1, 0.15) is 37.8 Å². The number of hydrogen-bond acceptors (Lipinski definition) is 1. The molecule has 0 atom stereocenters. The average molecular weight is 163 g/mol. The molecule has 0 amide bonds. The Hall–Kier alpha value is -0.790. The van der Waals surface area contributed by atoms with Crippen LogP contribution in [0.15, 0.2) is 12.5 Å². The van der Waals surface area contributed by atoms with Crippen LogP contribution < -0.4 is 0 Å². The maximum atomic E-state index is 4.20. The van der Waals surface area contributed by atoms with Crippen molar-refractivity contribution in [3.63, 3.8) is 0 Å². The van der Waals surface area contributed by atoms with Crippen molar-refractivity contribution < 1.29 is 0 Å². The van der Waals surface area contributed by atoms with Gasteiger partial charge in [0.25, 0.3) is 0 Å². The predicted molar refractivity (Wildman–Crippen MR) is 48.6 cm³/mol. The molecule has 0 saturated heterocycles. The average Bonchev–Trinajstić information content (AvgIpc) is 2.59. The molecule has 2 nitrogen and oxygen atoms in total. The standard InChI is InChI=1S/C10H15N2/c1-2-4-9(5-3-1)6-10-7-11-8-12-10/h6-9H,1-5H2,(H,11,12). The highest BCUT2D eigenvalue weighted by Gasteiger charge is 2.14. The zero-order chi connectivity index (χ0) is 8.23. The lowest BCUT2D eigenvalue weighted by Crippen LogP contribution is -2.07. The number of hydrogen-bond donors (Lipinski definition) is 1. The third-order valence-electron chi connectivity index (χ3n) is 2.58. The second-order valence-electron chi connectivity index (χ2n) is 3.56. The Morgan fingerprint density at radius 1 is 1.33 bits per heavy atom. The number of aromatic amines is 1. The molecule has 2 rings (SSSR count). The molecule has 0 spiro atoms. The number of nitrogens with one attached hydrogen (secondary N) is 1. The van der Waals surface area contributed by atoms with E-state index in [2.05, 4.69) is 16.4 Å². The van der Waals surface area contributed by atoms with Crippen LogP contribution in [0.2, 0.25) is 0 Å². The van der Waals surface area contributed by atoms with Crippen LogP contribution >= 0.6 is 0 Å². The molecule has 1 aromatic heterocycles. The van der Waals surface area contributed by atoms with E-state index < -0.39 is 0 Å². The van der Waals surface area contributed by atoms with Crippen molar-refractivity contribution in [2.45, 2.75) is 32.1 Å². The maximum absolute atomic E-state index is 4.20. The fourth-order valence-corrected chi connectivity index (χ4v) is 1.91.